The summed E-state index contributed by atoms with van der Waals surface area (Å²) in [6.07, 6.45) is -0.743. The zero-order valence-electron chi connectivity index (χ0n) is 10.4. The number of aliphatic carboxylic acids is 1. The van der Waals surface area contributed by atoms with Gasteiger partial charge in [0.05, 0.1) is 0 Å². The highest BCUT2D eigenvalue weighted by molar-refractivity contribution is 6.01. The number of ether oxygens (including phenoxy) is 1. The smallest absolute Gasteiger partial charge is 0.418 e. The second kappa shape index (κ2) is 4.01. The molecule has 1 rings (SSSR count). The molecule has 1 atom stereocenters. The van der Waals surface area contributed by atoms with Crippen LogP contribution >= 0.6 is 0 Å². The summed E-state index contributed by atoms with van der Waals surface area (Å²) in [5.74, 6) is -1.71. The second-order valence-corrected chi connectivity index (χ2v) is 5.29. The Morgan fingerprint density at radius 3 is 2.35 bits per heavy atom. The number of nitrogens with zero attached hydrogens (tertiary/aromatic N) is 1. The lowest BCUT2D eigenvalue weighted by Gasteiger charge is -2.31. The normalized spacial score (nSPS) is 24.9. The quantitative estimate of drug-likeness (QED) is 0.752. The number of amides is 2. The van der Waals surface area contributed by atoms with Crippen molar-refractivity contribution in [2.75, 3.05) is 0 Å². The number of hydrogen-bond donors (Lipinski definition) is 1. The van der Waals surface area contributed by atoms with Crippen LogP contribution in [0.15, 0.2) is 0 Å². The van der Waals surface area contributed by atoms with E-state index in [0.717, 1.165) is 0 Å². The molecule has 0 aliphatic carbocycles. The maximum Gasteiger partial charge on any atom is 0.418 e. The van der Waals surface area contributed by atoms with E-state index in [-0.39, 0.29) is 12.8 Å². The van der Waals surface area contributed by atoms with Gasteiger partial charge in [-0.1, -0.05) is 0 Å². The van der Waals surface area contributed by atoms with Crippen molar-refractivity contribution in [2.24, 2.45) is 0 Å². The van der Waals surface area contributed by atoms with Crippen molar-refractivity contribution < 1.29 is 24.2 Å². The highest BCUT2D eigenvalue weighted by Gasteiger charge is 2.52. The van der Waals surface area contributed by atoms with E-state index in [9.17, 15) is 14.4 Å². The first kappa shape index (κ1) is 13.5. The van der Waals surface area contributed by atoms with Crippen molar-refractivity contribution >= 4 is 18.0 Å². The zero-order valence-corrected chi connectivity index (χ0v) is 10.4. The fraction of sp³-hybridized carbons (Fsp3) is 0.727. The predicted molar refractivity (Wildman–Crippen MR) is 58.4 cm³/mol. The molecule has 0 radical (unpaired) electrons. The van der Waals surface area contributed by atoms with Gasteiger partial charge in [-0.3, -0.25) is 4.79 Å². The van der Waals surface area contributed by atoms with Gasteiger partial charge in [-0.2, -0.15) is 0 Å². The average molecular weight is 243 g/mol. The van der Waals surface area contributed by atoms with Gasteiger partial charge in [-0.25, -0.2) is 14.5 Å². The highest BCUT2D eigenvalue weighted by Crippen LogP contribution is 2.31. The van der Waals surface area contributed by atoms with E-state index in [4.69, 9.17) is 9.84 Å². The van der Waals surface area contributed by atoms with Crippen LogP contribution in [0.25, 0.3) is 0 Å². The molecule has 0 aromatic heterocycles. The molecule has 0 aromatic rings. The summed E-state index contributed by atoms with van der Waals surface area (Å²) in [7, 11) is 0. The van der Waals surface area contributed by atoms with Crippen molar-refractivity contribution in [2.45, 2.75) is 51.7 Å². The fourth-order valence-electron chi connectivity index (χ4n) is 1.66. The number of carbonyl (C=O) groups is 3. The summed E-state index contributed by atoms with van der Waals surface area (Å²) in [6.45, 7) is 6.32. The van der Waals surface area contributed by atoms with Gasteiger partial charge in [0, 0.05) is 6.42 Å². The van der Waals surface area contributed by atoms with Crippen LogP contribution in [-0.2, 0) is 14.3 Å². The minimum atomic E-state index is -1.50. The molecule has 0 aromatic carbocycles. The number of rotatable bonds is 1. The first-order valence-corrected chi connectivity index (χ1v) is 5.37. The van der Waals surface area contributed by atoms with Gasteiger partial charge in [0.1, 0.15) is 11.1 Å². The Kier molecular flexibility index (Phi) is 3.18. The van der Waals surface area contributed by atoms with Crippen LogP contribution in [0.2, 0.25) is 0 Å². The number of carboxylic acid groups (broad SMARTS) is 1. The molecule has 1 aliphatic rings. The van der Waals surface area contributed by atoms with Crippen molar-refractivity contribution in [1.82, 2.24) is 4.90 Å². The minimum absolute atomic E-state index is 0.0437. The van der Waals surface area contributed by atoms with Crippen molar-refractivity contribution in [1.29, 1.82) is 0 Å². The molecule has 1 aliphatic heterocycles. The molecule has 2 amide bonds. The van der Waals surface area contributed by atoms with Gasteiger partial charge in [-0.15, -0.1) is 0 Å². The highest BCUT2D eigenvalue weighted by atomic mass is 16.6. The van der Waals surface area contributed by atoms with Gasteiger partial charge >= 0.3 is 12.1 Å². The monoisotopic (exact) mass is 243 g/mol. The molecule has 1 N–H and O–H groups in total. The summed E-state index contributed by atoms with van der Waals surface area (Å²) in [5, 5.41) is 9.11. The maximum absolute atomic E-state index is 11.8. The Morgan fingerprint density at radius 2 is 1.94 bits per heavy atom. The maximum atomic E-state index is 11.8. The van der Waals surface area contributed by atoms with Crippen LogP contribution in [0.4, 0.5) is 4.79 Å². The third kappa shape index (κ3) is 2.57. The molecule has 1 heterocycles. The van der Waals surface area contributed by atoms with Gasteiger partial charge in [0.15, 0.2) is 0 Å². The minimum Gasteiger partial charge on any atom is -0.479 e. The molecule has 17 heavy (non-hydrogen) atoms. The Bertz CT molecular complexity index is 371. The van der Waals surface area contributed by atoms with Gasteiger partial charge in [-0.05, 0) is 34.1 Å². The molecule has 6 heteroatoms. The lowest BCUT2D eigenvalue weighted by Crippen LogP contribution is -2.53. The van der Waals surface area contributed by atoms with E-state index in [0.29, 0.717) is 4.90 Å². The second-order valence-electron chi connectivity index (χ2n) is 5.29. The fourth-order valence-corrected chi connectivity index (χ4v) is 1.66. The third-order valence-corrected chi connectivity index (χ3v) is 2.61. The average Bonchev–Trinajstić information content (AvgIpc) is 2.40. The van der Waals surface area contributed by atoms with Crippen molar-refractivity contribution in [3.05, 3.63) is 0 Å². The first-order valence-electron chi connectivity index (χ1n) is 5.37. The molecule has 0 saturated carbocycles. The van der Waals surface area contributed by atoms with Gasteiger partial charge < -0.3 is 9.84 Å². The standard InChI is InChI=1S/C11H17NO5/c1-10(2,3)17-9(16)12-7(13)5-6-11(12,4)8(14)15/h5-6H2,1-4H3,(H,14,15)/t11-/m1/s1. The Balaban J connectivity index is 2.97. The largest absolute Gasteiger partial charge is 0.479 e. The topological polar surface area (TPSA) is 83.9 Å². The third-order valence-electron chi connectivity index (χ3n) is 2.61. The van der Waals surface area contributed by atoms with Crippen molar-refractivity contribution in [3.63, 3.8) is 0 Å². The van der Waals surface area contributed by atoms with E-state index >= 15 is 0 Å². The number of carboxylic acids is 1. The molecule has 0 bridgehead atoms. The van der Waals surface area contributed by atoms with Crippen LogP contribution in [0.1, 0.15) is 40.5 Å². The summed E-state index contributed by atoms with van der Waals surface area (Å²) in [5.41, 5.74) is -2.27. The van der Waals surface area contributed by atoms with Gasteiger partial charge in [0.2, 0.25) is 5.91 Å². The number of carbonyl (C=O) groups excluding carboxylic acids is 2. The summed E-state index contributed by atoms with van der Waals surface area (Å²) < 4.78 is 5.04. The van der Waals surface area contributed by atoms with Crippen molar-refractivity contribution in [3.8, 4) is 0 Å². The molecular formula is C11H17NO5. The molecule has 1 fully saturated rings. The molecule has 0 unspecified atom stereocenters. The van der Waals surface area contributed by atoms with Crippen LogP contribution in [0, 0.1) is 0 Å². The molecular weight excluding hydrogens is 226 g/mol. The summed E-state index contributed by atoms with van der Waals surface area (Å²) >= 11 is 0. The number of hydrogen-bond acceptors (Lipinski definition) is 4. The summed E-state index contributed by atoms with van der Waals surface area (Å²) in [6, 6.07) is 0. The van der Waals surface area contributed by atoms with E-state index < -0.39 is 29.1 Å². The molecule has 0 spiro atoms. The van der Waals surface area contributed by atoms with E-state index in [1.165, 1.54) is 6.92 Å². The van der Waals surface area contributed by atoms with Crippen LogP contribution < -0.4 is 0 Å². The number of likely N-dealkylation sites (tertiary alicyclic amines) is 1. The Hall–Kier alpha value is -1.59. The summed E-state index contributed by atoms with van der Waals surface area (Å²) in [4.78, 5) is 35.3. The SMILES string of the molecule is CC(C)(C)OC(=O)N1C(=O)CC[C@]1(C)C(=O)O. The van der Waals surface area contributed by atoms with Crippen LogP contribution in [0.3, 0.4) is 0 Å². The zero-order chi connectivity index (χ0) is 13.4. The Morgan fingerprint density at radius 1 is 1.41 bits per heavy atom. The first-order chi connectivity index (χ1) is 7.58. The predicted octanol–water partition coefficient (Wildman–Crippen LogP) is 1.39. The van der Waals surface area contributed by atoms with Gasteiger partial charge in [0.25, 0.3) is 0 Å². The molecule has 1 saturated heterocycles. The van der Waals surface area contributed by atoms with Crippen LogP contribution in [-0.4, -0.2) is 39.1 Å². The molecule has 6 nitrogen and oxygen atoms in total. The van der Waals surface area contributed by atoms with E-state index in [1.54, 1.807) is 20.8 Å². The van der Waals surface area contributed by atoms with E-state index in [1.807, 2.05) is 0 Å². The number of imide groups is 1. The molecule has 96 valence electrons. The van der Waals surface area contributed by atoms with E-state index in [2.05, 4.69) is 0 Å². The lowest BCUT2D eigenvalue weighted by atomic mass is 10.00. The van der Waals surface area contributed by atoms with Crippen LogP contribution in [0.5, 0.6) is 0 Å². The Labute approximate surface area is 99.5 Å². The lowest BCUT2D eigenvalue weighted by molar-refractivity contribution is -0.152.